The zero-order valence-electron chi connectivity index (χ0n) is 18.1. The van der Waals surface area contributed by atoms with E-state index in [0.717, 1.165) is 11.0 Å². The molecule has 10 nitrogen and oxygen atoms in total. The Morgan fingerprint density at radius 2 is 2.06 bits per heavy atom. The predicted octanol–water partition coefficient (Wildman–Crippen LogP) is 1.97. The fourth-order valence-electron chi connectivity index (χ4n) is 3.54. The Hall–Kier alpha value is -3.01. The highest BCUT2D eigenvalue weighted by Crippen LogP contribution is 2.25. The molecule has 10 heteroatoms. The highest BCUT2D eigenvalue weighted by molar-refractivity contribution is 5.81. The summed E-state index contributed by atoms with van der Waals surface area (Å²) in [5.41, 5.74) is 1.16. The molecule has 2 saturated heterocycles. The number of urea groups is 1. The van der Waals surface area contributed by atoms with Gasteiger partial charge in [0.15, 0.2) is 0 Å². The van der Waals surface area contributed by atoms with E-state index in [-0.39, 0.29) is 24.3 Å². The molecule has 3 amide bonds. The first kappa shape index (κ1) is 21.2. The molecule has 1 atom stereocenters. The number of fused-ring (bicyclic) bond motifs is 1. The molecule has 1 aromatic heterocycles. The third kappa shape index (κ3) is 5.19. The van der Waals surface area contributed by atoms with Crippen LogP contribution < -0.4 is 10.1 Å². The Labute approximate surface area is 180 Å². The molecule has 31 heavy (non-hydrogen) atoms. The fraction of sp³-hybridized carbons (Fsp3) is 0.571. The molecule has 1 aromatic carbocycles. The lowest BCUT2D eigenvalue weighted by molar-refractivity contribution is -0.0409. The Balaban J connectivity index is 1.19. The van der Waals surface area contributed by atoms with Crippen molar-refractivity contribution in [2.45, 2.75) is 38.6 Å². The second kappa shape index (κ2) is 8.62. The highest BCUT2D eigenvalue weighted by Gasteiger charge is 2.34. The van der Waals surface area contributed by atoms with Crippen molar-refractivity contribution >= 4 is 23.2 Å². The number of rotatable bonds is 4. The number of para-hydroxylation sites is 1. The Morgan fingerprint density at radius 1 is 1.26 bits per heavy atom. The van der Waals surface area contributed by atoms with Gasteiger partial charge >= 0.3 is 12.1 Å². The Kier molecular flexibility index (Phi) is 5.90. The first-order chi connectivity index (χ1) is 14.8. The van der Waals surface area contributed by atoms with E-state index in [2.05, 4.69) is 15.3 Å². The largest absolute Gasteiger partial charge is 0.484 e. The van der Waals surface area contributed by atoms with Crippen LogP contribution in [-0.4, -0.2) is 89.0 Å². The summed E-state index contributed by atoms with van der Waals surface area (Å²) >= 11 is 0. The predicted molar refractivity (Wildman–Crippen MR) is 113 cm³/mol. The van der Waals surface area contributed by atoms with E-state index in [1.54, 1.807) is 16.1 Å². The van der Waals surface area contributed by atoms with Crippen LogP contribution in [0.15, 0.2) is 24.5 Å². The minimum atomic E-state index is -0.544. The second-order valence-electron chi connectivity index (χ2n) is 8.80. The number of nitrogens with one attached hydrogen (secondary N) is 2. The topological polar surface area (TPSA) is 109 Å². The molecule has 2 N–H and O–H groups in total. The van der Waals surface area contributed by atoms with Crippen LogP contribution in [0.5, 0.6) is 5.75 Å². The smallest absolute Gasteiger partial charge is 0.410 e. The number of ether oxygens (including phenoxy) is 3. The number of carbonyl (C=O) groups excluding carboxylic acids is 2. The van der Waals surface area contributed by atoms with Crippen molar-refractivity contribution in [2.75, 3.05) is 39.3 Å². The molecular formula is C21H29N5O5. The summed E-state index contributed by atoms with van der Waals surface area (Å²) in [4.78, 5) is 35.3. The van der Waals surface area contributed by atoms with Crippen LogP contribution in [0.2, 0.25) is 0 Å². The number of carbonyl (C=O) groups is 2. The van der Waals surface area contributed by atoms with Crippen LogP contribution in [0.4, 0.5) is 9.59 Å². The van der Waals surface area contributed by atoms with Gasteiger partial charge in [0, 0.05) is 13.1 Å². The third-order valence-electron chi connectivity index (χ3n) is 5.11. The average Bonchev–Trinajstić information content (AvgIpc) is 3.17. The molecule has 4 rings (SSSR count). The van der Waals surface area contributed by atoms with Crippen molar-refractivity contribution in [3.05, 3.63) is 24.5 Å². The molecular weight excluding hydrogens is 402 g/mol. The van der Waals surface area contributed by atoms with Crippen LogP contribution in [0.3, 0.4) is 0 Å². The average molecular weight is 431 g/mol. The van der Waals surface area contributed by atoms with Gasteiger partial charge in [-0.3, -0.25) is 0 Å². The highest BCUT2D eigenvalue weighted by atomic mass is 16.6. The van der Waals surface area contributed by atoms with Crippen molar-refractivity contribution in [2.24, 2.45) is 0 Å². The lowest BCUT2D eigenvalue weighted by atomic mass is 10.2. The number of benzene rings is 1. The lowest BCUT2D eigenvalue weighted by Gasteiger charge is -2.39. The second-order valence-corrected chi connectivity index (χ2v) is 8.80. The molecule has 0 saturated carbocycles. The van der Waals surface area contributed by atoms with Gasteiger partial charge in [0.1, 0.15) is 23.0 Å². The van der Waals surface area contributed by atoms with E-state index in [0.29, 0.717) is 45.1 Å². The van der Waals surface area contributed by atoms with E-state index in [9.17, 15) is 9.59 Å². The summed E-state index contributed by atoms with van der Waals surface area (Å²) in [6.07, 6.45) is 0.939. The Bertz CT molecular complexity index is 934. The van der Waals surface area contributed by atoms with Crippen LogP contribution in [0.1, 0.15) is 20.8 Å². The molecule has 1 unspecified atom stereocenters. The minimum Gasteiger partial charge on any atom is -0.484 e. The number of hydrogen-bond donors (Lipinski definition) is 2. The van der Waals surface area contributed by atoms with Crippen LogP contribution in [0.25, 0.3) is 11.0 Å². The van der Waals surface area contributed by atoms with Gasteiger partial charge in [0.25, 0.3) is 0 Å². The van der Waals surface area contributed by atoms with Crippen molar-refractivity contribution in [3.63, 3.8) is 0 Å². The standard InChI is InChI=1S/C21H29N5O5/c1-21(2,3)31-20(28)25-7-8-29-14(10-25)9-22-19(27)26-11-15(12-26)30-17-6-4-5-16-18(17)24-13-23-16/h4-6,13-15H,7-12H2,1-3H3,(H,22,27)(H,23,24). The van der Waals surface area contributed by atoms with E-state index in [1.165, 1.54) is 0 Å². The van der Waals surface area contributed by atoms with Crippen molar-refractivity contribution in [3.8, 4) is 5.75 Å². The molecule has 0 bridgehead atoms. The zero-order chi connectivity index (χ0) is 22.0. The number of hydrogen-bond acceptors (Lipinski definition) is 6. The monoisotopic (exact) mass is 431 g/mol. The summed E-state index contributed by atoms with van der Waals surface area (Å²) < 4.78 is 17.1. The number of amides is 3. The summed E-state index contributed by atoms with van der Waals surface area (Å²) in [5, 5.41) is 2.88. The van der Waals surface area contributed by atoms with E-state index in [1.807, 2.05) is 39.0 Å². The molecule has 2 aliphatic rings. The van der Waals surface area contributed by atoms with Gasteiger partial charge in [-0.25, -0.2) is 14.6 Å². The number of likely N-dealkylation sites (tertiary alicyclic amines) is 1. The van der Waals surface area contributed by atoms with Gasteiger partial charge in [0.2, 0.25) is 0 Å². The zero-order valence-corrected chi connectivity index (χ0v) is 18.1. The molecule has 0 aliphatic carbocycles. The van der Waals surface area contributed by atoms with Gasteiger partial charge in [0.05, 0.1) is 44.2 Å². The molecule has 3 heterocycles. The normalized spacial score (nSPS) is 19.8. The summed E-state index contributed by atoms with van der Waals surface area (Å²) in [6.45, 7) is 8.12. The first-order valence-electron chi connectivity index (χ1n) is 10.5. The maximum Gasteiger partial charge on any atom is 0.410 e. The summed E-state index contributed by atoms with van der Waals surface area (Å²) in [6, 6.07) is 5.55. The quantitative estimate of drug-likeness (QED) is 0.766. The number of morpholine rings is 1. The Morgan fingerprint density at radius 3 is 2.84 bits per heavy atom. The summed E-state index contributed by atoms with van der Waals surface area (Å²) in [7, 11) is 0. The van der Waals surface area contributed by atoms with Crippen molar-refractivity contribution < 1.29 is 23.8 Å². The number of aromatic nitrogens is 2. The van der Waals surface area contributed by atoms with E-state index >= 15 is 0 Å². The third-order valence-corrected chi connectivity index (χ3v) is 5.11. The molecule has 0 spiro atoms. The maximum absolute atomic E-state index is 12.4. The van der Waals surface area contributed by atoms with Crippen LogP contribution >= 0.6 is 0 Å². The van der Waals surface area contributed by atoms with Gasteiger partial charge < -0.3 is 34.3 Å². The molecule has 2 aromatic rings. The van der Waals surface area contributed by atoms with Crippen LogP contribution in [-0.2, 0) is 9.47 Å². The van der Waals surface area contributed by atoms with Gasteiger partial charge in [-0.15, -0.1) is 0 Å². The number of H-pyrrole nitrogens is 1. The molecule has 2 aliphatic heterocycles. The number of aromatic amines is 1. The van der Waals surface area contributed by atoms with Gasteiger partial charge in [-0.05, 0) is 32.9 Å². The van der Waals surface area contributed by atoms with Gasteiger partial charge in [-0.2, -0.15) is 0 Å². The molecule has 0 radical (unpaired) electrons. The van der Waals surface area contributed by atoms with Gasteiger partial charge in [-0.1, -0.05) is 6.07 Å². The SMILES string of the molecule is CC(C)(C)OC(=O)N1CCOC(CNC(=O)N2CC(Oc3cccc4[nH]cnc34)C2)C1. The van der Waals surface area contributed by atoms with E-state index < -0.39 is 5.60 Å². The lowest BCUT2D eigenvalue weighted by Crippen LogP contribution is -2.60. The number of nitrogens with zero attached hydrogens (tertiary/aromatic N) is 3. The fourth-order valence-corrected chi connectivity index (χ4v) is 3.54. The van der Waals surface area contributed by atoms with Crippen LogP contribution in [0, 0.1) is 0 Å². The first-order valence-corrected chi connectivity index (χ1v) is 10.5. The minimum absolute atomic E-state index is 0.0679. The summed E-state index contributed by atoms with van der Waals surface area (Å²) in [5.74, 6) is 0.710. The molecule has 168 valence electrons. The van der Waals surface area contributed by atoms with Crippen molar-refractivity contribution in [1.82, 2.24) is 25.1 Å². The maximum atomic E-state index is 12.4. The molecule has 2 fully saturated rings. The van der Waals surface area contributed by atoms with Crippen molar-refractivity contribution in [1.29, 1.82) is 0 Å². The van der Waals surface area contributed by atoms with E-state index in [4.69, 9.17) is 14.2 Å². The number of imidazole rings is 1.